The van der Waals surface area contributed by atoms with E-state index in [4.69, 9.17) is 4.74 Å². The molecule has 0 radical (unpaired) electrons. The highest BCUT2D eigenvalue weighted by Crippen LogP contribution is 2.21. The number of aliphatic hydroxyl groups excluding tert-OH is 1. The van der Waals surface area contributed by atoms with Gasteiger partial charge in [-0.2, -0.15) is 0 Å². The predicted octanol–water partition coefficient (Wildman–Crippen LogP) is 3.28. The maximum Gasteiger partial charge on any atom is 0.119 e. The number of ether oxygens (including phenoxy) is 1. The molecule has 0 heterocycles. The Bertz CT molecular complexity index is 503. The summed E-state index contributed by atoms with van der Waals surface area (Å²) >= 11 is 0. The molecule has 0 aromatic heterocycles. The van der Waals surface area contributed by atoms with Crippen molar-refractivity contribution >= 4 is 0 Å². The first kappa shape index (κ1) is 12.7. The van der Waals surface area contributed by atoms with Crippen LogP contribution in [-0.2, 0) is 6.42 Å². The number of hydrogen-bond acceptors (Lipinski definition) is 2. The predicted molar refractivity (Wildman–Crippen MR) is 72.8 cm³/mol. The quantitative estimate of drug-likeness (QED) is 0.891. The van der Waals surface area contributed by atoms with Gasteiger partial charge < -0.3 is 9.84 Å². The Labute approximate surface area is 108 Å². The van der Waals surface area contributed by atoms with Gasteiger partial charge in [-0.05, 0) is 30.2 Å². The summed E-state index contributed by atoms with van der Waals surface area (Å²) in [5, 5.41) is 10.2. The van der Waals surface area contributed by atoms with Gasteiger partial charge in [0.1, 0.15) is 5.75 Å². The van der Waals surface area contributed by atoms with E-state index in [0.717, 1.165) is 16.9 Å². The molecule has 94 valence electrons. The largest absolute Gasteiger partial charge is 0.497 e. The summed E-state index contributed by atoms with van der Waals surface area (Å²) in [5.41, 5.74) is 3.22. The second-order valence-corrected chi connectivity index (χ2v) is 4.48. The van der Waals surface area contributed by atoms with Crippen LogP contribution >= 0.6 is 0 Å². The van der Waals surface area contributed by atoms with Crippen molar-refractivity contribution in [2.24, 2.45) is 0 Å². The number of aliphatic hydroxyl groups is 1. The Kier molecular flexibility index (Phi) is 4.00. The van der Waals surface area contributed by atoms with Gasteiger partial charge in [0.05, 0.1) is 13.2 Å². The van der Waals surface area contributed by atoms with E-state index in [0.29, 0.717) is 6.42 Å². The zero-order valence-corrected chi connectivity index (χ0v) is 10.8. The minimum Gasteiger partial charge on any atom is -0.497 e. The van der Waals surface area contributed by atoms with E-state index in [-0.39, 0.29) is 0 Å². The van der Waals surface area contributed by atoms with Gasteiger partial charge in [-0.1, -0.05) is 42.0 Å². The van der Waals surface area contributed by atoms with Crippen molar-refractivity contribution in [2.75, 3.05) is 7.11 Å². The smallest absolute Gasteiger partial charge is 0.119 e. The molecule has 2 nitrogen and oxygen atoms in total. The number of rotatable bonds is 4. The van der Waals surface area contributed by atoms with Gasteiger partial charge in [0.2, 0.25) is 0 Å². The molecule has 0 fully saturated rings. The fourth-order valence-corrected chi connectivity index (χ4v) is 1.93. The van der Waals surface area contributed by atoms with E-state index in [9.17, 15) is 5.11 Å². The highest BCUT2D eigenvalue weighted by Gasteiger charge is 2.08. The first-order valence-electron chi connectivity index (χ1n) is 6.06. The maximum atomic E-state index is 10.2. The molecule has 2 heteroatoms. The molecule has 2 aromatic rings. The maximum absolute atomic E-state index is 10.2. The summed E-state index contributed by atoms with van der Waals surface area (Å²) in [6, 6.07) is 15.8. The lowest BCUT2D eigenvalue weighted by molar-refractivity contribution is 0.178. The molecule has 0 bridgehead atoms. The van der Waals surface area contributed by atoms with Gasteiger partial charge in [-0.15, -0.1) is 0 Å². The van der Waals surface area contributed by atoms with E-state index >= 15 is 0 Å². The van der Waals surface area contributed by atoms with E-state index in [1.165, 1.54) is 5.56 Å². The molecule has 0 saturated carbocycles. The van der Waals surface area contributed by atoms with Crippen molar-refractivity contribution in [3.05, 3.63) is 65.2 Å². The van der Waals surface area contributed by atoms with Crippen molar-refractivity contribution in [2.45, 2.75) is 19.4 Å². The summed E-state index contributed by atoms with van der Waals surface area (Å²) in [6.45, 7) is 2.04. The van der Waals surface area contributed by atoms with Crippen LogP contribution in [0.5, 0.6) is 5.75 Å². The van der Waals surface area contributed by atoms with E-state index < -0.39 is 6.10 Å². The van der Waals surface area contributed by atoms with Crippen LogP contribution in [0.2, 0.25) is 0 Å². The highest BCUT2D eigenvalue weighted by atomic mass is 16.5. The van der Waals surface area contributed by atoms with Crippen molar-refractivity contribution in [1.82, 2.24) is 0 Å². The molecule has 0 aliphatic carbocycles. The van der Waals surface area contributed by atoms with Crippen LogP contribution < -0.4 is 4.74 Å². The van der Waals surface area contributed by atoms with Crippen LogP contribution in [0.15, 0.2) is 48.5 Å². The molecule has 0 saturated heterocycles. The normalized spacial score (nSPS) is 12.2. The minimum atomic E-state index is -0.474. The number of aryl methyl sites for hydroxylation is 1. The van der Waals surface area contributed by atoms with Crippen LogP contribution in [0.1, 0.15) is 22.8 Å². The molecule has 2 rings (SSSR count). The Morgan fingerprint density at radius 3 is 2.50 bits per heavy atom. The van der Waals surface area contributed by atoms with Gasteiger partial charge in [0.15, 0.2) is 0 Å². The number of hydrogen-bond donors (Lipinski definition) is 1. The molecule has 18 heavy (non-hydrogen) atoms. The van der Waals surface area contributed by atoms with Crippen molar-refractivity contribution in [1.29, 1.82) is 0 Å². The zero-order chi connectivity index (χ0) is 13.0. The van der Waals surface area contributed by atoms with Crippen LogP contribution in [0, 0.1) is 6.92 Å². The molecule has 0 spiro atoms. The van der Waals surface area contributed by atoms with Gasteiger partial charge in [0.25, 0.3) is 0 Å². The molecule has 1 unspecified atom stereocenters. The molecule has 1 N–H and O–H groups in total. The zero-order valence-electron chi connectivity index (χ0n) is 10.8. The van der Waals surface area contributed by atoms with E-state index in [1.54, 1.807) is 7.11 Å². The highest BCUT2D eigenvalue weighted by molar-refractivity contribution is 5.30. The summed E-state index contributed by atoms with van der Waals surface area (Å²) in [7, 11) is 1.65. The SMILES string of the molecule is COc1cccc(CC(O)c2ccc(C)cc2)c1. The summed E-state index contributed by atoms with van der Waals surface area (Å²) in [5.74, 6) is 0.823. The Hall–Kier alpha value is -1.80. The average molecular weight is 242 g/mol. The summed E-state index contributed by atoms with van der Waals surface area (Å²) in [4.78, 5) is 0. The molecule has 0 aliphatic rings. The molecule has 2 aromatic carbocycles. The van der Waals surface area contributed by atoms with Crippen LogP contribution in [0.4, 0.5) is 0 Å². The fraction of sp³-hybridized carbons (Fsp3) is 0.250. The summed E-state index contributed by atoms with van der Waals surface area (Å²) in [6.07, 6.45) is 0.123. The summed E-state index contributed by atoms with van der Waals surface area (Å²) < 4.78 is 5.18. The topological polar surface area (TPSA) is 29.5 Å². The first-order valence-corrected chi connectivity index (χ1v) is 6.06. The second-order valence-electron chi connectivity index (χ2n) is 4.48. The van der Waals surface area contributed by atoms with Crippen molar-refractivity contribution in [3.8, 4) is 5.75 Å². The third-order valence-electron chi connectivity index (χ3n) is 3.03. The lowest BCUT2D eigenvalue weighted by Crippen LogP contribution is -2.01. The van der Waals surface area contributed by atoms with E-state index in [1.807, 2.05) is 55.5 Å². The molecule has 0 amide bonds. The third-order valence-corrected chi connectivity index (χ3v) is 3.03. The van der Waals surface area contributed by atoms with E-state index in [2.05, 4.69) is 0 Å². The number of methoxy groups -OCH3 is 1. The first-order chi connectivity index (χ1) is 8.69. The monoisotopic (exact) mass is 242 g/mol. The lowest BCUT2D eigenvalue weighted by Gasteiger charge is -2.12. The molecular formula is C16H18O2. The van der Waals surface area contributed by atoms with Crippen molar-refractivity contribution < 1.29 is 9.84 Å². The van der Waals surface area contributed by atoms with Crippen molar-refractivity contribution in [3.63, 3.8) is 0 Å². The van der Waals surface area contributed by atoms with Gasteiger partial charge in [-0.3, -0.25) is 0 Å². The standard InChI is InChI=1S/C16H18O2/c1-12-6-8-14(9-7-12)16(17)11-13-4-3-5-15(10-13)18-2/h3-10,16-17H,11H2,1-2H3. The third kappa shape index (κ3) is 3.11. The lowest BCUT2D eigenvalue weighted by atomic mass is 10.0. The second kappa shape index (κ2) is 5.69. The average Bonchev–Trinajstić information content (AvgIpc) is 2.39. The van der Waals surface area contributed by atoms with Gasteiger partial charge in [-0.25, -0.2) is 0 Å². The molecular weight excluding hydrogens is 224 g/mol. The van der Waals surface area contributed by atoms with Gasteiger partial charge in [0, 0.05) is 6.42 Å². The van der Waals surface area contributed by atoms with Gasteiger partial charge >= 0.3 is 0 Å². The Balaban J connectivity index is 2.10. The van der Waals surface area contributed by atoms with Crippen LogP contribution in [-0.4, -0.2) is 12.2 Å². The Morgan fingerprint density at radius 1 is 1.11 bits per heavy atom. The molecule has 0 aliphatic heterocycles. The minimum absolute atomic E-state index is 0.474. The fourth-order valence-electron chi connectivity index (χ4n) is 1.93. The van der Waals surface area contributed by atoms with Crippen LogP contribution in [0.3, 0.4) is 0 Å². The molecule has 1 atom stereocenters. The number of benzene rings is 2. The van der Waals surface area contributed by atoms with Crippen LogP contribution in [0.25, 0.3) is 0 Å². The Morgan fingerprint density at radius 2 is 1.83 bits per heavy atom.